The fourth-order valence-corrected chi connectivity index (χ4v) is 8.79. The van der Waals surface area contributed by atoms with Gasteiger partial charge in [-0.05, 0) is 69.2 Å². The number of nitrogens with zero attached hydrogens (tertiary/aromatic N) is 7. The number of rotatable bonds is 13. The van der Waals surface area contributed by atoms with Crippen LogP contribution >= 0.6 is 11.6 Å². The van der Waals surface area contributed by atoms with Crippen LogP contribution in [0.1, 0.15) is 83.5 Å². The van der Waals surface area contributed by atoms with E-state index in [2.05, 4.69) is 40.8 Å². The average molecular weight is 911 g/mol. The van der Waals surface area contributed by atoms with E-state index in [-0.39, 0.29) is 65.7 Å². The van der Waals surface area contributed by atoms with E-state index in [9.17, 15) is 37.1 Å². The highest BCUT2D eigenvalue weighted by Gasteiger charge is 2.45. The minimum atomic E-state index is -4.73. The molecular formula is C42H46ClF3N10O8. The fraction of sp³-hybridized carbons (Fsp3) is 0.476. The molecule has 0 saturated carbocycles. The zero-order valence-electron chi connectivity index (χ0n) is 35.0. The number of carbonyl (C=O) groups excluding carboxylic acids is 5. The van der Waals surface area contributed by atoms with Gasteiger partial charge in [-0.25, -0.2) is 19.3 Å². The topological polar surface area (TPSA) is 202 Å². The first kappa shape index (κ1) is 44.7. The molecule has 0 spiro atoms. The lowest BCUT2D eigenvalue weighted by molar-refractivity contribution is -0.138. The Balaban J connectivity index is 0.786. The number of hydrogen-bond acceptors (Lipinski definition) is 13. The summed E-state index contributed by atoms with van der Waals surface area (Å²) in [6.45, 7) is 5.99. The van der Waals surface area contributed by atoms with Gasteiger partial charge in [0.2, 0.25) is 17.7 Å². The predicted molar refractivity (Wildman–Crippen MR) is 224 cm³/mol. The number of urea groups is 1. The van der Waals surface area contributed by atoms with Crippen molar-refractivity contribution in [3.05, 3.63) is 70.3 Å². The van der Waals surface area contributed by atoms with Crippen molar-refractivity contribution >= 4 is 64.0 Å². The zero-order chi connectivity index (χ0) is 45.3. The number of nitrogens with one attached hydrogen (secondary N) is 3. The van der Waals surface area contributed by atoms with Crippen molar-refractivity contribution < 1.29 is 51.4 Å². The van der Waals surface area contributed by atoms with Crippen LogP contribution in [-0.2, 0) is 25.2 Å². The second kappa shape index (κ2) is 18.7. The number of anilines is 3. The molecule has 1 aromatic carbocycles. The van der Waals surface area contributed by atoms with Crippen molar-refractivity contribution in [2.24, 2.45) is 5.92 Å². The lowest BCUT2D eigenvalue weighted by atomic mass is 9.94. The van der Waals surface area contributed by atoms with Gasteiger partial charge in [0.25, 0.3) is 11.8 Å². The van der Waals surface area contributed by atoms with Crippen molar-refractivity contribution in [1.29, 1.82) is 0 Å². The first-order valence-corrected chi connectivity index (χ1v) is 21.3. The molecule has 3 saturated heterocycles. The Hall–Kier alpha value is -5.90. The number of benzene rings is 1. The van der Waals surface area contributed by atoms with Gasteiger partial charge in [0.1, 0.15) is 18.3 Å². The molecule has 64 heavy (non-hydrogen) atoms. The van der Waals surface area contributed by atoms with Gasteiger partial charge in [-0.2, -0.15) is 18.3 Å². The average Bonchev–Trinajstić information content (AvgIpc) is 3.77. The van der Waals surface area contributed by atoms with E-state index in [1.807, 2.05) is 6.07 Å². The monoisotopic (exact) mass is 910 g/mol. The molecule has 340 valence electrons. The quantitative estimate of drug-likeness (QED) is 0.115. The maximum absolute atomic E-state index is 13.7. The molecule has 0 bridgehead atoms. The molecule has 8 rings (SSSR count). The summed E-state index contributed by atoms with van der Waals surface area (Å²) in [6.07, 6.45) is 0.275. The van der Waals surface area contributed by atoms with Crippen molar-refractivity contribution in [1.82, 2.24) is 34.7 Å². The number of ether oxygens (including phenoxy) is 3. The van der Waals surface area contributed by atoms with E-state index in [1.165, 1.54) is 23.9 Å². The summed E-state index contributed by atoms with van der Waals surface area (Å²) in [5.41, 5.74) is 0.954. The molecule has 4 aliphatic heterocycles. The number of fused-ring (bicyclic) bond motifs is 2. The van der Waals surface area contributed by atoms with Gasteiger partial charge in [-0.15, -0.1) is 0 Å². The van der Waals surface area contributed by atoms with Crippen LogP contribution in [0.5, 0.6) is 5.88 Å². The predicted octanol–water partition coefficient (Wildman–Crippen LogP) is 5.33. The summed E-state index contributed by atoms with van der Waals surface area (Å²) in [5, 5.41) is 11.6. The third-order valence-electron chi connectivity index (χ3n) is 12.0. The highest BCUT2D eigenvalue weighted by atomic mass is 35.5. The van der Waals surface area contributed by atoms with Crippen molar-refractivity contribution in [2.75, 3.05) is 68.6 Å². The van der Waals surface area contributed by atoms with Crippen LogP contribution in [0.15, 0.2) is 42.7 Å². The molecule has 3 N–H and O–H groups in total. The normalized spacial score (nSPS) is 19.6. The van der Waals surface area contributed by atoms with E-state index in [0.717, 1.165) is 75.1 Å². The van der Waals surface area contributed by atoms with Gasteiger partial charge in [-0.1, -0.05) is 11.6 Å². The molecule has 0 aliphatic carbocycles. The Kier molecular flexibility index (Phi) is 13.0. The highest BCUT2D eigenvalue weighted by Crippen LogP contribution is 2.35. The number of alkyl halides is 3. The second-order valence-corrected chi connectivity index (χ2v) is 16.5. The van der Waals surface area contributed by atoms with Crippen LogP contribution < -0.4 is 25.6 Å². The molecule has 4 aromatic rings. The molecule has 4 aliphatic rings. The lowest BCUT2D eigenvalue weighted by Crippen LogP contribution is -2.54. The second-order valence-electron chi connectivity index (χ2n) is 16.2. The molecule has 1 unspecified atom stereocenters. The molecule has 6 amide bonds. The van der Waals surface area contributed by atoms with E-state index < -0.39 is 53.5 Å². The molecule has 0 radical (unpaired) electrons. The number of hydrogen-bond donors (Lipinski definition) is 3. The number of piperidine rings is 3. The fourth-order valence-electron chi connectivity index (χ4n) is 8.62. The number of carbonyl (C=O) groups is 5. The Morgan fingerprint density at radius 2 is 1.66 bits per heavy atom. The first-order chi connectivity index (χ1) is 30.7. The molecule has 22 heteroatoms. The Bertz CT molecular complexity index is 2460. The minimum Gasteiger partial charge on any atom is -0.474 e. The maximum atomic E-state index is 13.7. The van der Waals surface area contributed by atoms with Crippen molar-refractivity contribution in [3.8, 4) is 5.88 Å². The Morgan fingerprint density at radius 3 is 2.38 bits per heavy atom. The number of pyridine rings is 1. The number of halogens is 4. The number of methoxy groups -OCH3 is 1. The van der Waals surface area contributed by atoms with E-state index in [1.54, 1.807) is 19.1 Å². The van der Waals surface area contributed by atoms with E-state index in [4.69, 9.17) is 25.8 Å². The van der Waals surface area contributed by atoms with Crippen LogP contribution in [-0.4, -0.2) is 124 Å². The number of aromatic nitrogens is 4. The summed E-state index contributed by atoms with van der Waals surface area (Å²) in [5.74, 6) is -1.86. The summed E-state index contributed by atoms with van der Waals surface area (Å²) in [4.78, 5) is 77.4. The van der Waals surface area contributed by atoms with Crippen LogP contribution in [0, 0.1) is 5.92 Å². The van der Waals surface area contributed by atoms with Crippen LogP contribution in [0.2, 0.25) is 5.15 Å². The largest absolute Gasteiger partial charge is 0.474 e. The van der Waals surface area contributed by atoms with Gasteiger partial charge >= 0.3 is 12.2 Å². The van der Waals surface area contributed by atoms with Crippen molar-refractivity contribution in [3.63, 3.8) is 0 Å². The van der Waals surface area contributed by atoms with Gasteiger partial charge < -0.3 is 34.6 Å². The highest BCUT2D eigenvalue weighted by molar-refractivity contribution is 6.29. The third-order valence-corrected chi connectivity index (χ3v) is 12.2. The molecule has 3 aromatic heterocycles. The zero-order valence-corrected chi connectivity index (χ0v) is 35.7. The SMILES string of the molecule is CO[C@@H](C)c1c(NC(=O)Nc2cc(C(F)(F)F)cnc2OCCOC2CCN(CC3CCN(c4ccc5c(c4)C(=O)N(C4CCC(=O)NC4=O)C5=O)CC3)CC2)cnc2cc(Cl)nn12. The standard InChI is InChI=1S/C42H46ClF3N10O8/c1-23(62-2)36-31(21-47-34-19-33(43)52-56(34)36)50-41(61)49-30-17-25(42(44,45)46)20-48-38(30)64-16-15-63-27-9-11-53(12-10-27)22-24-7-13-54(14-8-24)26-3-4-28-29(18-26)40(60)55(39(28)59)32-5-6-35(57)51-37(32)58/h3-4,17-21,23-24,27,32H,5-16,22H2,1-2H3,(H2,49,50,61)(H,51,57,58)/t23-,32?/m0/s1. The van der Waals surface area contributed by atoms with Crippen LogP contribution in [0.4, 0.5) is 35.0 Å². The van der Waals surface area contributed by atoms with Crippen LogP contribution in [0.25, 0.3) is 5.65 Å². The van der Waals surface area contributed by atoms with E-state index in [0.29, 0.717) is 23.5 Å². The molecular weight excluding hydrogens is 865 g/mol. The molecule has 7 heterocycles. The summed E-state index contributed by atoms with van der Waals surface area (Å²) < 4.78 is 59.7. The lowest BCUT2D eigenvalue weighted by Gasteiger charge is -2.38. The maximum Gasteiger partial charge on any atom is 0.417 e. The molecule has 18 nitrogen and oxygen atoms in total. The van der Waals surface area contributed by atoms with Gasteiger partial charge in [0, 0.05) is 64.2 Å². The van der Waals surface area contributed by atoms with Gasteiger partial charge in [-0.3, -0.25) is 29.4 Å². The third kappa shape index (κ3) is 9.61. The van der Waals surface area contributed by atoms with Gasteiger partial charge in [0.05, 0.1) is 53.1 Å². The molecule has 3 fully saturated rings. The number of likely N-dealkylation sites (tertiary alicyclic amines) is 1. The summed E-state index contributed by atoms with van der Waals surface area (Å²) in [6, 6.07) is 5.58. The minimum absolute atomic E-state index is 0.0314. The Labute approximate surface area is 369 Å². The summed E-state index contributed by atoms with van der Waals surface area (Å²) >= 11 is 6.07. The van der Waals surface area contributed by atoms with Gasteiger partial charge in [0.15, 0.2) is 10.8 Å². The first-order valence-electron chi connectivity index (χ1n) is 21.0. The Morgan fingerprint density at radius 1 is 0.922 bits per heavy atom. The number of amides is 6. The smallest absolute Gasteiger partial charge is 0.417 e. The van der Waals surface area contributed by atoms with Crippen LogP contribution in [0.3, 0.4) is 0 Å². The van der Waals surface area contributed by atoms with Crippen molar-refractivity contribution in [2.45, 2.75) is 69.9 Å². The number of imide groups is 2. The summed E-state index contributed by atoms with van der Waals surface area (Å²) in [7, 11) is 1.46. The van der Waals surface area contributed by atoms with E-state index >= 15 is 0 Å². The molecule has 2 atom stereocenters.